The number of carbonyl (C=O) groups excluding carboxylic acids is 2. The molecule has 7 rings (SSSR count). The standard InChI is InChI=1S/C38H48ClN3O7S/c1-2-30-7-3-4-8-34(48-23-36(43)41-16-18-47-19-17-41)31-12-9-28(31)22-42-24-38(15-5-6-26-20-29(39)11-13-32(26)38)25-49-35-14-10-27(21-33(35)42)37(44)40-50(30,45)46/h4,8,10-11,13-14,20-21,28,30-31,34H,2-3,5-7,9,12,15-19,22-25H2,1H3,(H,40,44)/b8-4-/t28-,30+,31+,34-,38-/m0/s1. The van der Waals surface area contributed by atoms with Crippen LogP contribution >= 0.6 is 11.6 Å². The summed E-state index contributed by atoms with van der Waals surface area (Å²) in [6.07, 6.45) is 9.87. The summed E-state index contributed by atoms with van der Waals surface area (Å²) in [4.78, 5) is 30.8. The number of allylic oxidation sites excluding steroid dienone is 1. The van der Waals surface area contributed by atoms with Crippen molar-refractivity contribution in [1.82, 2.24) is 9.62 Å². The van der Waals surface area contributed by atoms with Crippen molar-refractivity contribution in [2.75, 3.05) is 57.5 Å². The molecule has 0 unspecified atom stereocenters. The van der Waals surface area contributed by atoms with Gasteiger partial charge in [-0.3, -0.25) is 9.59 Å². The van der Waals surface area contributed by atoms with Crippen molar-refractivity contribution in [1.29, 1.82) is 0 Å². The van der Waals surface area contributed by atoms with Crippen LogP contribution in [0, 0.1) is 11.8 Å². The number of sulfonamides is 1. The summed E-state index contributed by atoms with van der Waals surface area (Å²) in [7, 11) is -3.94. The molecule has 1 saturated heterocycles. The highest BCUT2D eigenvalue weighted by atomic mass is 35.5. The van der Waals surface area contributed by atoms with E-state index in [1.807, 2.05) is 25.1 Å². The lowest BCUT2D eigenvalue weighted by molar-refractivity contribution is -0.143. The minimum Gasteiger partial charge on any atom is -0.490 e. The number of carbonyl (C=O) groups is 2. The summed E-state index contributed by atoms with van der Waals surface area (Å²) in [6, 6.07) is 11.4. The first-order chi connectivity index (χ1) is 24.2. The summed E-state index contributed by atoms with van der Waals surface area (Å²) >= 11 is 6.45. The van der Waals surface area contributed by atoms with Crippen LogP contribution in [0.4, 0.5) is 5.69 Å². The maximum atomic E-state index is 13.5. The maximum Gasteiger partial charge on any atom is 0.264 e. The minimum atomic E-state index is -3.94. The fourth-order valence-electron chi connectivity index (χ4n) is 8.55. The van der Waals surface area contributed by atoms with Gasteiger partial charge in [-0.15, -0.1) is 0 Å². The Balaban J connectivity index is 1.24. The van der Waals surface area contributed by atoms with Crippen molar-refractivity contribution in [2.45, 2.75) is 75.1 Å². The highest BCUT2D eigenvalue weighted by Crippen LogP contribution is 2.47. The molecule has 2 bridgehead atoms. The van der Waals surface area contributed by atoms with Crippen LogP contribution in [-0.4, -0.2) is 89.1 Å². The molecular formula is C38H48ClN3O7S. The van der Waals surface area contributed by atoms with E-state index in [0.29, 0.717) is 71.0 Å². The second-order valence-corrected chi connectivity index (χ2v) is 17.0. The van der Waals surface area contributed by atoms with Gasteiger partial charge in [0.05, 0.1) is 36.9 Å². The summed E-state index contributed by atoms with van der Waals surface area (Å²) in [5.41, 5.74) is 3.26. The number of benzene rings is 2. The number of nitrogens with zero attached hydrogens (tertiary/aromatic N) is 2. The number of morpholine rings is 1. The lowest BCUT2D eigenvalue weighted by Gasteiger charge is -2.46. The number of anilines is 1. The third kappa shape index (κ3) is 7.29. The molecule has 10 nitrogen and oxygen atoms in total. The predicted molar refractivity (Wildman–Crippen MR) is 192 cm³/mol. The van der Waals surface area contributed by atoms with E-state index in [1.165, 1.54) is 11.1 Å². The fourth-order valence-corrected chi connectivity index (χ4v) is 10.2. The highest BCUT2D eigenvalue weighted by molar-refractivity contribution is 7.90. The molecular weight excluding hydrogens is 678 g/mol. The molecule has 3 aliphatic heterocycles. The molecule has 50 heavy (non-hydrogen) atoms. The number of hydrogen-bond donors (Lipinski definition) is 1. The third-order valence-electron chi connectivity index (χ3n) is 11.5. The molecule has 5 atom stereocenters. The molecule has 5 aliphatic rings. The van der Waals surface area contributed by atoms with Gasteiger partial charge in [0.2, 0.25) is 15.9 Å². The average Bonchev–Trinajstić information content (AvgIpc) is 3.25. The molecule has 2 aromatic rings. The number of nitrogens with one attached hydrogen (secondary N) is 1. The Morgan fingerprint density at radius 1 is 1.12 bits per heavy atom. The predicted octanol–water partition coefficient (Wildman–Crippen LogP) is 5.27. The maximum absolute atomic E-state index is 13.5. The van der Waals surface area contributed by atoms with E-state index >= 15 is 0 Å². The Labute approximate surface area is 300 Å². The van der Waals surface area contributed by atoms with Crippen LogP contribution < -0.4 is 14.4 Å². The van der Waals surface area contributed by atoms with Gasteiger partial charge in [0.15, 0.2) is 0 Å². The number of halogens is 1. The lowest BCUT2D eigenvalue weighted by Crippen LogP contribution is -2.50. The molecule has 270 valence electrons. The van der Waals surface area contributed by atoms with Crippen molar-refractivity contribution in [3.63, 3.8) is 0 Å². The first-order valence-corrected chi connectivity index (χ1v) is 20.1. The van der Waals surface area contributed by atoms with Gasteiger partial charge in [0, 0.05) is 42.2 Å². The van der Waals surface area contributed by atoms with E-state index in [2.05, 4.69) is 21.8 Å². The van der Waals surface area contributed by atoms with Crippen LogP contribution in [0.5, 0.6) is 5.75 Å². The molecule has 1 N–H and O–H groups in total. The normalized spacial score (nSPS) is 30.2. The van der Waals surface area contributed by atoms with E-state index in [-0.39, 0.29) is 41.4 Å². The Morgan fingerprint density at radius 2 is 1.96 bits per heavy atom. The first-order valence-electron chi connectivity index (χ1n) is 18.2. The number of aryl methyl sites for hydroxylation is 1. The molecule has 1 saturated carbocycles. The van der Waals surface area contributed by atoms with Crippen LogP contribution in [0.2, 0.25) is 5.02 Å². The van der Waals surface area contributed by atoms with Gasteiger partial charge in [-0.2, -0.15) is 0 Å². The summed E-state index contributed by atoms with van der Waals surface area (Å²) in [5.74, 6) is 0.449. The van der Waals surface area contributed by atoms with E-state index in [9.17, 15) is 18.0 Å². The number of fused-ring (bicyclic) bond motifs is 4. The average molecular weight is 726 g/mol. The van der Waals surface area contributed by atoms with Gasteiger partial charge in [-0.05, 0) is 105 Å². The summed E-state index contributed by atoms with van der Waals surface area (Å²) in [5, 5.41) is -0.00817. The van der Waals surface area contributed by atoms with E-state index in [0.717, 1.165) is 42.8 Å². The number of hydrogen-bond acceptors (Lipinski definition) is 8. The summed E-state index contributed by atoms with van der Waals surface area (Å²) < 4.78 is 47.8. The number of rotatable bonds is 4. The fraction of sp³-hybridized carbons (Fsp3) is 0.579. The molecule has 2 aromatic carbocycles. The Hall–Kier alpha value is -3.12. The van der Waals surface area contributed by atoms with Crippen LogP contribution in [-0.2, 0) is 36.1 Å². The SMILES string of the molecule is CC[C@@H]1CC/C=C\[C@H](OCC(=O)N2CCOCC2)[C@@H]2CC[C@H]2CN2C[C@@]3(CCCc4cc(Cl)ccc43)COc3ccc(cc32)C(=O)NS1(=O)=O. The van der Waals surface area contributed by atoms with Gasteiger partial charge in [0.1, 0.15) is 12.4 Å². The molecule has 0 radical (unpaired) electrons. The van der Waals surface area contributed by atoms with Crippen LogP contribution in [0.25, 0.3) is 0 Å². The van der Waals surface area contributed by atoms with Gasteiger partial charge in [-0.25, -0.2) is 13.1 Å². The largest absolute Gasteiger partial charge is 0.490 e. The van der Waals surface area contributed by atoms with Crippen LogP contribution in [0.1, 0.15) is 73.4 Å². The van der Waals surface area contributed by atoms with Crippen molar-refractivity contribution in [3.05, 3.63) is 70.3 Å². The smallest absolute Gasteiger partial charge is 0.264 e. The van der Waals surface area contributed by atoms with Crippen LogP contribution in [0.15, 0.2) is 48.6 Å². The van der Waals surface area contributed by atoms with Crippen molar-refractivity contribution in [3.8, 4) is 5.75 Å². The minimum absolute atomic E-state index is 0.0115. The molecule has 2 aliphatic carbocycles. The quantitative estimate of drug-likeness (QED) is 0.425. The lowest BCUT2D eigenvalue weighted by atomic mass is 9.68. The second-order valence-electron chi connectivity index (χ2n) is 14.6. The van der Waals surface area contributed by atoms with Crippen molar-refractivity contribution >= 4 is 39.1 Å². The molecule has 12 heteroatoms. The topological polar surface area (TPSA) is 114 Å². The number of ether oxygens (including phenoxy) is 3. The first kappa shape index (κ1) is 35.3. The highest BCUT2D eigenvalue weighted by Gasteiger charge is 2.45. The van der Waals surface area contributed by atoms with Crippen LogP contribution in [0.3, 0.4) is 0 Å². The van der Waals surface area contributed by atoms with Gasteiger partial charge in [-0.1, -0.05) is 36.7 Å². The van der Waals surface area contributed by atoms with E-state index < -0.39 is 21.2 Å². The monoisotopic (exact) mass is 725 g/mol. The molecule has 3 heterocycles. The molecule has 2 fully saturated rings. The molecule has 0 aromatic heterocycles. The Bertz CT molecular complexity index is 1730. The third-order valence-corrected chi connectivity index (χ3v) is 13.7. The van der Waals surface area contributed by atoms with E-state index in [1.54, 1.807) is 23.1 Å². The Morgan fingerprint density at radius 3 is 2.74 bits per heavy atom. The van der Waals surface area contributed by atoms with Crippen molar-refractivity contribution in [2.24, 2.45) is 11.8 Å². The van der Waals surface area contributed by atoms with Crippen molar-refractivity contribution < 1.29 is 32.2 Å². The zero-order chi connectivity index (χ0) is 34.9. The number of amides is 2. The zero-order valence-corrected chi connectivity index (χ0v) is 30.4. The Kier molecular flexibility index (Phi) is 10.5. The van der Waals surface area contributed by atoms with E-state index in [4.69, 9.17) is 25.8 Å². The zero-order valence-electron chi connectivity index (χ0n) is 28.8. The second kappa shape index (κ2) is 14.9. The summed E-state index contributed by atoms with van der Waals surface area (Å²) in [6.45, 7) is 5.86. The van der Waals surface area contributed by atoms with Gasteiger partial charge < -0.3 is 24.0 Å². The molecule has 1 spiro atoms. The molecule has 2 amide bonds. The van der Waals surface area contributed by atoms with Gasteiger partial charge >= 0.3 is 0 Å². The van der Waals surface area contributed by atoms with Gasteiger partial charge in [0.25, 0.3) is 5.91 Å².